The molecule has 0 spiro atoms. The van der Waals surface area contributed by atoms with Crippen LogP contribution in [0.2, 0.25) is 0 Å². The first kappa shape index (κ1) is 13.5. The van der Waals surface area contributed by atoms with Gasteiger partial charge in [0.05, 0.1) is 4.83 Å². The third-order valence-electron chi connectivity index (χ3n) is 2.69. The predicted molar refractivity (Wildman–Crippen MR) is 66.3 cm³/mol. The Morgan fingerprint density at radius 1 is 1.50 bits per heavy atom. The van der Waals surface area contributed by atoms with Crippen LogP contribution in [-0.4, -0.2) is 29.2 Å². The third kappa shape index (κ3) is 3.77. The molecular weight excluding hydrogens is 272 g/mol. The van der Waals surface area contributed by atoms with E-state index in [4.69, 9.17) is 0 Å². The van der Waals surface area contributed by atoms with Gasteiger partial charge in [0.15, 0.2) is 0 Å². The molecule has 0 radical (unpaired) electrons. The average Bonchev–Trinajstić information content (AvgIpc) is 2.43. The van der Waals surface area contributed by atoms with Crippen molar-refractivity contribution >= 4 is 27.7 Å². The van der Waals surface area contributed by atoms with Crippen LogP contribution in [0.25, 0.3) is 0 Å². The van der Waals surface area contributed by atoms with Gasteiger partial charge in [-0.15, -0.1) is 0 Å². The van der Waals surface area contributed by atoms with E-state index in [1.54, 1.807) is 0 Å². The number of alkyl halides is 1. The van der Waals surface area contributed by atoms with E-state index >= 15 is 0 Å². The van der Waals surface area contributed by atoms with Gasteiger partial charge in [0.25, 0.3) is 0 Å². The van der Waals surface area contributed by atoms with Crippen molar-refractivity contribution in [2.45, 2.75) is 44.0 Å². The first-order valence-electron chi connectivity index (χ1n) is 5.74. The minimum absolute atomic E-state index is 0.0608. The summed E-state index contributed by atoms with van der Waals surface area (Å²) in [4.78, 5) is 23.1. The summed E-state index contributed by atoms with van der Waals surface area (Å²) in [6, 6.07) is -0.367. The molecule has 1 rings (SSSR count). The molecule has 0 saturated carbocycles. The number of hydrogen-bond acceptors (Lipinski definition) is 2. The van der Waals surface area contributed by atoms with E-state index in [0.717, 1.165) is 19.3 Å². The maximum Gasteiger partial charge on any atom is 0.242 e. The van der Waals surface area contributed by atoms with Crippen molar-refractivity contribution in [2.75, 3.05) is 6.54 Å². The monoisotopic (exact) mass is 290 g/mol. The van der Waals surface area contributed by atoms with Crippen molar-refractivity contribution in [1.29, 1.82) is 0 Å². The molecule has 1 aliphatic heterocycles. The fourth-order valence-electron chi connectivity index (χ4n) is 1.63. The van der Waals surface area contributed by atoms with Crippen molar-refractivity contribution in [3.05, 3.63) is 0 Å². The highest BCUT2D eigenvalue weighted by Gasteiger charge is 2.26. The lowest BCUT2D eigenvalue weighted by Gasteiger charge is -2.19. The molecule has 2 unspecified atom stereocenters. The minimum Gasteiger partial charge on any atom is -0.354 e. The van der Waals surface area contributed by atoms with Crippen LogP contribution in [0.5, 0.6) is 0 Å². The van der Waals surface area contributed by atoms with Crippen molar-refractivity contribution in [1.82, 2.24) is 10.6 Å². The Bertz CT molecular complexity index is 269. The molecule has 2 atom stereocenters. The molecule has 4 nitrogen and oxygen atoms in total. The number of carbonyl (C=O) groups is 2. The number of hydrogen-bond donors (Lipinski definition) is 2. The molecule has 1 aliphatic rings. The summed E-state index contributed by atoms with van der Waals surface area (Å²) in [5.41, 5.74) is 0. The van der Waals surface area contributed by atoms with E-state index in [1.807, 2.05) is 13.8 Å². The largest absolute Gasteiger partial charge is 0.354 e. The van der Waals surface area contributed by atoms with Crippen LogP contribution >= 0.6 is 15.9 Å². The van der Waals surface area contributed by atoms with Crippen molar-refractivity contribution in [2.24, 2.45) is 5.92 Å². The molecule has 1 saturated heterocycles. The van der Waals surface area contributed by atoms with Crippen LogP contribution in [0.4, 0.5) is 0 Å². The summed E-state index contributed by atoms with van der Waals surface area (Å²) in [7, 11) is 0. The Balaban J connectivity index is 2.51. The quantitative estimate of drug-likeness (QED) is 0.767. The van der Waals surface area contributed by atoms with Crippen molar-refractivity contribution in [3.8, 4) is 0 Å². The number of nitrogens with one attached hydrogen (secondary N) is 2. The fourth-order valence-corrected chi connectivity index (χ4v) is 1.76. The molecule has 0 aromatic heterocycles. The zero-order valence-electron chi connectivity index (χ0n) is 9.75. The Morgan fingerprint density at radius 3 is 2.81 bits per heavy atom. The lowest BCUT2D eigenvalue weighted by atomic mass is 10.1. The number of rotatable bonds is 3. The minimum atomic E-state index is -0.367. The second kappa shape index (κ2) is 6.23. The van der Waals surface area contributed by atoms with Gasteiger partial charge in [-0.3, -0.25) is 9.59 Å². The highest BCUT2D eigenvalue weighted by molar-refractivity contribution is 9.10. The number of carbonyl (C=O) groups excluding carboxylic acids is 2. The second-order valence-electron chi connectivity index (χ2n) is 4.49. The SMILES string of the molecule is CC(C)C(Br)C(=O)NC1CCCCNC1=O. The molecular formula is C11H19BrN2O2. The molecule has 0 aromatic carbocycles. The molecule has 92 valence electrons. The van der Waals surface area contributed by atoms with Gasteiger partial charge in [0, 0.05) is 6.54 Å². The zero-order valence-corrected chi connectivity index (χ0v) is 11.3. The van der Waals surface area contributed by atoms with Gasteiger partial charge in [-0.2, -0.15) is 0 Å². The third-order valence-corrected chi connectivity index (χ3v) is 4.16. The molecule has 16 heavy (non-hydrogen) atoms. The first-order chi connectivity index (χ1) is 7.52. The summed E-state index contributed by atoms with van der Waals surface area (Å²) in [5.74, 6) is 0.0557. The van der Waals surface area contributed by atoms with Gasteiger partial charge in [0.1, 0.15) is 6.04 Å². The van der Waals surface area contributed by atoms with E-state index < -0.39 is 0 Å². The predicted octanol–water partition coefficient (Wildman–Crippen LogP) is 1.19. The molecule has 0 aromatic rings. The van der Waals surface area contributed by atoms with Gasteiger partial charge >= 0.3 is 0 Å². The van der Waals surface area contributed by atoms with Gasteiger partial charge < -0.3 is 10.6 Å². The smallest absolute Gasteiger partial charge is 0.242 e. The van der Waals surface area contributed by atoms with Crippen LogP contribution < -0.4 is 10.6 Å². The summed E-state index contributed by atoms with van der Waals surface area (Å²) >= 11 is 3.33. The second-order valence-corrected chi connectivity index (χ2v) is 5.48. The van der Waals surface area contributed by atoms with Gasteiger partial charge in [-0.05, 0) is 25.2 Å². The summed E-state index contributed by atoms with van der Waals surface area (Å²) in [6.45, 7) is 4.64. The van der Waals surface area contributed by atoms with Crippen LogP contribution in [0.1, 0.15) is 33.1 Å². The Labute approximate surface area is 105 Å². The van der Waals surface area contributed by atoms with E-state index in [0.29, 0.717) is 6.54 Å². The van der Waals surface area contributed by atoms with Crippen LogP contribution in [0.3, 0.4) is 0 Å². The number of amides is 2. The van der Waals surface area contributed by atoms with Crippen LogP contribution in [-0.2, 0) is 9.59 Å². The maximum atomic E-state index is 11.8. The normalized spacial score (nSPS) is 23.5. The standard InChI is InChI=1S/C11H19BrN2O2/c1-7(2)9(12)11(16)14-8-5-3-4-6-13-10(8)15/h7-9H,3-6H2,1-2H3,(H,13,15)(H,14,16). The van der Waals surface area contributed by atoms with Gasteiger partial charge in [-0.25, -0.2) is 0 Å². The van der Waals surface area contributed by atoms with Crippen molar-refractivity contribution < 1.29 is 9.59 Å². The fraction of sp³-hybridized carbons (Fsp3) is 0.818. The lowest BCUT2D eigenvalue weighted by Crippen LogP contribution is -2.48. The van der Waals surface area contributed by atoms with Crippen molar-refractivity contribution in [3.63, 3.8) is 0 Å². The molecule has 1 fully saturated rings. The van der Waals surface area contributed by atoms with Crippen LogP contribution in [0, 0.1) is 5.92 Å². The number of halogens is 1. The van der Waals surface area contributed by atoms with E-state index in [2.05, 4.69) is 26.6 Å². The summed E-state index contributed by atoms with van der Waals surface area (Å²) < 4.78 is 0. The molecule has 1 heterocycles. The summed E-state index contributed by atoms with van der Waals surface area (Å²) in [5, 5.41) is 5.59. The average molecular weight is 291 g/mol. The first-order valence-corrected chi connectivity index (χ1v) is 6.66. The van der Waals surface area contributed by atoms with Gasteiger partial charge in [-0.1, -0.05) is 29.8 Å². The van der Waals surface area contributed by atoms with Crippen LogP contribution in [0.15, 0.2) is 0 Å². The maximum absolute atomic E-state index is 11.8. The Hall–Kier alpha value is -0.580. The molecule has 0 bridgehead atoms. The highest BCUT2D eigenvalue weighted by Crippen LogP contribution is 2.13. The molecule has 2 N–H and O–H groups in total. The Morgan fingerprint density at radius 2 is 2.19 bits per heavy atom. The van der Waals surface area contributed by atoms with Gasteiger partial charge in [0.2, 0.25) is 11.8 Å². The van der Waals surface area contributed by atoms with E-state index in [-0.39, 0.29) is 28.6 Å². The summed E-state index contributed by atoms with van der Waals surface area (Å²) in [6.07, 6.45) is 2.69. The molecule has 0 aliphatic carbocycles. The zero-order chi connectivity index (χ0) is 12.1. The molecule has 2 amide bonds. The van der Waals surface area contributed by atoms with E-state index in [1.165, 1.54) is 0 Å². The lowest BCUT2D eigenvalue weighted by molar-refractivity contribution is -0.128. The highest BCUT2D eigenvalue weighted by atomic mass is 79.9. The van der Waals surface area contributed by atoms with E-state index in [9.17, 15) is 9.59 Å². The molecule has 5 heteroatoms. The Kier molecular flexibility index (Phi) is 5.25. The topological polar surface area (TPSA) is 58.2 Å².